The van der Waals surface area contributed by atoms with Gasteiger partial charge in [-0.25, -0.2) is 0 Å². The maximum Gasteiger partial charge on any atom is 0.0964 e. The Labute approximate surface area is 119 Å². The van der Waals surface area contributed by atoms with Gasteiger partial charge in [0.2, 0.25) is 0 Å². The number of hydrogen-bond acceptors (Lipinski definition) is 3. The second kappa shape index (κ2) is 6.33. The zero-order valence-electron chi connectivity index (χ0n) is 11.5. The van der Waals surface area contributed by atoms with Crippen LogP contribution in [0.3, 0.4) is 0 Å². The molecule has 1 aromatic heterocycles. The van der Waals surface area contributed by atoms with Crippen molar-refractivity contribution in [3.05, 3.63) is 66.0 Å². The fourth-order valence-corrected chi connectivity index (χ4v) is 2.65. The topological polar surface area (TPSA) is 37.3 Å². The average molecular weight is 265 g/mol. The van der Waals surface area contributed by atoms with Gasteiger partial charge in [-0.3, -0.25) is 9.98 Å². The molecule has 0 aliphatic carbocycles. The molecule has 3 heteroatoms. The number of hydrogen-bond donors (Lipinski definition) is 1. The van der Waals surface area contributed by atoms with E-state index in [2.05, 4.69) is 57.8 Å². The number of aliphatic imine (C=N–C) groups is 1. The van der Waals surface area contributed by atoms with Crippen LogP contribution in [0.25, 0.3) is 0 Å². The highest BCUT2D eigenvalue weighted by molar-refractivity contribution is 5.83. The Morgan fingerprint density at radius 3 is 2.60 bits per heavy atom. The Morgan fingerprint density at radius 2 is 1.90 bits per heavy atom. The predicted molar refractivity (Wildman–Crippen MR) is 82.1 cm³/mol. The lowest BCUT2D eigenvalue weighted by molar-refractivity contribution is 0.713. The highest BCUT2D eigenvalue weighted by Crippen LogP contribution is 2.27. The molecule has 0 saturated heterocycles. The van der Waals surface area contributed by atoms with Crippen LogP contribution in [0.2, 0.25) is 0 Å². The summed E-state index contributed by atoms with van der Waals surface area (Å²) in [5, 5.41) is 3.34. The van der Waals surface area contributed by atoms with Crippen LogP contribution < -0.4 is 5.32 Å². The Bertz CT molecular complexity index is 524. The third-order valence-corrected chi connectivity index (χ3v) is 3.66. The Kier molecular flexibility index (Phi) is 4.07. The minimum absolute atomic E-state index is 0.336. The number of amidine groups is 1. The highest BCUT2D eigenvalue weighted by atomic mass is 15.1. The second-order valence-corrected chi connectivity index (χ2v) is 5.01. The van der Waals surface area contributed by atoms with Gasteiger partial charge >= 0.3 is 0 Å². The minimum Gasteiger partial charge on any atom is -0.372 e. The normalized spacial score (nSPS) is 15.5. The fourth-order valence-electron chi connectivity index (χ4n) is 2.65. The summed E-state index contributed by atoms with van der Waals surface area (Å²) >= 11 is 0. The molecule has 1 N–H and O–H groups in total. The van der Waals surface area contributed by atoms with Crippen molar-refractivity contribution in [2.75, 3.05) is 13.1 Å². The van der Waals surface area contributed by atoms with E-state index < -0.39 is 0 Å². The van der Waals surface area contributed by atoms with E-state index in [1.54, 1.807) is 0 Å². The molecule has 3 nitrogen and oxygen atoms in total. The molecule has 1 unspecified atom stereocenters. The molecule has 0 spiro atoms. The molecule has 3 rings (SSSR count). The number of nitrogens with one attached hydrogen (secondary N) is 1. The maximum atomic E-state index is 4.54. The van der Waals surface area contributed by atoms with Gasteiger partial charge in [-0.2, -0.15) is 0 Å². The Balaban J connectivity index is 1.80. The van der Waals surface area contributed by atoms with Crippen molar-refractivity contribution in [1.29, 1.82) is 0 Å². The largest absolute Gasteiger partial charge is 0.372 e. The van der Waals surface area contributed by atoms with Crippen LogP contribution in [-0.2, 0) is 0 Å². The van der Waals surface area contributed by atoms with Gasteiger partial charge in [-0.15, -0.1) is 0 Å². The van der Waals surface area contributed by atoms with Crippen LogP contribution in [0.5, 0.6) is 0 Å². The molecule has 1 aromatic carbocycles. The van der Waals surface area contributed by atoms with Crippen LogP contribution >= 0.6 is 0 Å². The summed E-state index contributed by atoms with van der Waals surface area (Å²) in [5.74, 6) is 1.48. The van der Waals surface area contributed by atoms with Crippen LogP contribution in [0.15, 0.2) is 59.7 Å². The maximum absolute atomic E-state index is 4.54. The van der Waals surface area contributed by atoms with Crippen molar-refractivity contribution in [1.82, 2.24) is 10.3 Å². The molecule has 0 amide bonds. The van der Waals surface area contributed by atoms with E-state index in [1.165, 1.54) is 5.56 Å². The molecule has 2 aromatic rings. The molecule has 2 heterocycles. The van der Waals surface area contributed by atoms with E-state index in [4.69, 9.17) is 0 Å². The molecule has 0 bridgehead atoms. The van der Waals surface area contributed by atoms with Gasteiger partial charge in [0, 0.05) is 30.8 Å². The summed E-state index contributed by atoms with van der Waals surface area (Å²) < 4.78 is 0. The zero-order valence-corrected chi connectivity index (χ0v) is 11.5. The molecule has 0 fully saturated rings. The molecular weight excluding hydrogens is 246 g/mol. The minimum atomic E-state index is 0.336. The van der Waals surface area contributed by atoms with Crippen molar-refractivity contribution in [3.63, 3.8) is 0 Å². The van der Waals surface area contributed by atoms with Crippen LogP contribution in [0, 0.1) is 0 Å². The van der Waals surface area contributed by atoms with E-state index in [-0.39, 0.29) is 0 Å². The van der Waals surface area contributed by atoms with Crippen LogP contribution in [0.1, 0.15) is 30.0 Å². The summed E-state index contributed by atoms with van der Waals surface area (Å²) in [6, 6.07) is 16.8. The summed E-state index contributed by atoms with van der Waals surface area (Å²) in [4.78, 5) is 9.02. The first-order chi connectivity index (χ1) is 9.93. The van der Waals surface area contributed by atoms with Crippen molar-refractivity contribution >= 4 is 5.84 Å². The van der Waals surface area contributed by atoms with Gasteiger partial charge in [0.1, 0.15) is 0 Å². The van der Waals surface area contributed by atoms with Crippen molar-refractivity contribution in [2.45, 2.75) is 18.8 Å². The van der Waals surface area contributed by atoms with Gasteiger partial charge in [0.15, 0.2) is 0 Å². The molecule has 20 heavy (non-hydrogen) atoms. The lowest BCUT2D eigenvalue weighted by atomic mass is 9.90. The third kappa shape index (κ3) is 3.05. The fraction of sp³-hybridized carbons (Fsp3) is 0.294. The number of benzene rings is 1. The zero-order chi connectivity index (χ0) is 13.6. The molecule has 1 aliphatic heterocycles. The van der Waals surface area contributed by atoms with Gasteiger partial charge in [-0.05, 0) is 24.1 Å². The van der Waals surface area contributed by atoms with E-state index in [0.717, 1.165) is 37.5 Å². The number of pyridine rings is 1. The van der Waals surface area contributed by atoms with Crippen molar-refractivity contribution in [3.8, 4) is 0 Å². The molecule has 1 atom stereocenters. The first-order valence-corrected chi connectivity index (χ1v) is 7.16. The number of rotatable bonds is 5. The Hall–Kier alpha value is -2.16. The molecule has 0 saturated carbocycles. The quantitative estimate of drug-likeness (QED) is 0.902. The van der Waals surface area contributed by atoms with Crippen LogP contribution in [-0.4, -0.2) is 23.9 Å². The first-order valence-electron chi connectivity index (χ1n) is 7.16. The summed E-state index contributed by atoms with van der Waals surface area (Å²) in [5.41, 5.74) is 2.46. The van der Waals surface area contributed by atoms with E-state index in [1.807, 2.05) is 12.3 Å². The first kappa shape index (κ1) is 12.9. The lowest BCUT2D eigenvalue weighted by Crippen LogP contribution is -2.19. The standard InChI is InChI=1S/C17H19N3/c1-2-6-14(7-3-1)15(16-8-4-5-11-18-16)9-10-17-19-12-13-20-17/h1-8,11,15H,9-10,12-13H2,(H,19,20). The SMILES string of the molecule is c1ccc(C(CCC2=NCCN2)c2ccccn2)cc1. The molecule has 1 aliphatic rings. The van der Waals surface area contributed by atoms with E-state index in [0.29, 0.717) is 5.92 Å². The number of aromatic nitrogens is 1. The monoisotopic (exact) mass is 265 g/mol. The molecular formula is C17H19N3. The lowest BCUT2D eigenvalue weighted by Gasteiger charge is -2.17. The highest BCUT2D eigenvalue weighted by Gasteiger charge is 2.16. The molecule has 102 valence electrons. The smallest absolute Gasteiger partial charge is 0.0964 e. The summed E-state index contributed by atoms with van der Waals surface area (Å²) in [7, 11) is 0. The molecule has 0 radical (unpaired) electrons. The van der Waals surface area contributed by atoms with Gasteiger partial charge in [0.25, 0.3) is 0 Å². The van der Waals surface area contributed by atoms with Gasteiger partial charge < -0.3 is 5.32 Å². The Morgan fingerprint density at radius 1 is 1.05 bits per heavy atom. The summed E-state index contributed by atoms with van der Waals surface area (Å²) in [6.45, 7) is 1.89. The number of nitrogens with zero attached hydrogens (tertiary/aromatic N) is 2. The van der Waals surface area contributed by atoms with Crippen molar-refractivity contribution < 1.29 is 0 Å². The van der Waals surface area contributed by atoms with E-state index >= 15 is 0 Å². The average Bonchev–Trinajstić information content (AvgIpc) is 3.03. The van der Waals surface area contributed by atoms with E-state index in [9.17, 15) is 0 Å². The van der Waals surface area contributed by atoms with Gasteiger partial charge in [0.05, 0.1) is 12.4 Å². The van der Waals surface area contributed by atoms with Gasteiger partial charge in [-0.1, -0.05) is 36.4 Å². The summed E-state index contributed by atoms with van der Waals surface area (Å²) in [6.07, 6.45) is 3.89. The second-order valence-electron chi connectivity index (χ2n) is 5.01. The van der Waals surface area contributed by atoms with Crippen molar-refractivity contribution in [2.24, 2.45) is 4.99 Å². The van der Waals surface area contributed by atoms with Crippen LogP contribution in [0.4, 0.5) is 0 Å². The predicted octanol–water partition coefficient (Wildman–Crippen LogP) is 3.00. The third-order valence-electron chi connectivity index (χ3n) is 3.66.